The smallest absolute Gasteiger partial charge is 0.338 e. The fraction of sp³-hybridized carbons (Fsp3) is 0.387. The zero-order valence-electron chi connectivity index (χ0n) is 24.1. The number of carbonyl (C=O) groups excluding carboxylic acids is 2. The van der Waals surface area contributed by atoms with Crippen LogP contribution in [0.25, 0.3) is 5.70 Å². The number of hydrogen-bond donors (Lipinski definition) is 1. The molecule has 1 unspecified atom stereocenters. The van der Waals surface area contributed by atoms with Gasteiger partial charge in [0.05, 0.1) is 57.8 Å². The van der Waals surface area contributed by atoms with Gasteiger partial charge in [0, 0.05) is 37.4 Å². The van der Waals surface area contributed by atoms with Crippen LogP contribution in [-0.2, 0) is 19.1 Å². The molecule has 11 heteroatoms. The van der Waals surface area contributed by atoms with Crippen molar-refractivity contribution in [2.75, 3.05) is 60.2 Å². The van der Waals surface area contributed by atoms with Crippen molar-refractivity contribution in [3.05, 3.63) is 76.3 Å². The minimum atomic E-state index is -0.617. The van der Waals surface area contributed by atoms with Crippen LogP contribution in [0.3, 0.4) is 0 Å². The Labute approximate surface area is 250 Å². The summed E-state index contributed by atoms with van der Waals surface area (Å²) in [7, 11) is 3.15. The predicted molar refractivity (Wildman–Crippen MR) is 162 cm³/mol. The molecule has 0 spiro atoms. The molecular weight excluding hydrogens is 556 g/mol. The second-order valence-electron chi connectivity index (χ2n) is 9.84. The summed E-state index contributed by atoms with van der Waals surface area (Å²) >= 11 is 1.43. The van der Waals surface area contributed by atoms with E-state index in [4.69, 9.17) is 23.9 Å². The first kappa shape index (κ1) is 29.7. The Bertz CT molecular complexity index is 1390. The number of carbonyl (C=O) groups is 2. The Balaban J connectivity index is 1.49. The molecule has 3 aliphatic rings. The van der Waals surface area contributed by atoms with Crippen LogP contribution < -0.4 is 14.8 Å². The highest BCUT2D eigenvalue weighted by Gasteiger charge is 2.42. The van der Waals surface area contributed by atoms with Gasteiger partial charge in [-0.1, -0.05) is 48.2 Å². The number of aliphatic imine (C=N–C) groups is 1. The Kier molecular flexibility index (Phi) is 9.83. The molecule has 0 aromatic heterocycles. The number of esters is 1. The average Bonchev–Trinajstić information content (AvgIpc) is 3.42. The number of amides is 1. The van der Waals surface area contributed by atoms with E-state index in [0.29, 0.717) is 47.7 Å². The summed E-state index contributed by atoms with van der Waals surface area (Å²) in [6, 6.07) is 14.6. The summed E-state index contributed by atoms with van der Waals surface area (Å²) in [6.07, 6.45) is 0.135. The summed E-state index contributed by atoms with van der Waals surface area (Å²) in [5, 5.41) is 5.66. The van der Waals surface area contributed by atoms with Crippen LogP contribution in [0.4, 0.5) is 0 Å². The summed E-state index contributed by atoms with van der Waals surface area (Å²) < 4.78 is 22.1. The van der Waals surface area contributed by atoms with E-state index in [9.17, 15) is 9.59 Å². The highest BCUT2D eigenvalue weighted by molar-refractivity contribution is 8.16. The molecule has 1 atom stereocenters. The van der Waals surface area contributed by atoms with Crippen LogP contribution in [-0.4, -0.2) is 87.1 Å². The first-order chi connectivity index (χ1) is 20.5. The number of rotatable bonds is 11. The molecule has 222 valence electrons. The molecule has 1 N–H and O–H groups in total. The second-order valence-corrected chi connectivity index (χ2v) is 10.7. The number of morpholine rings is 1. The highest BCUT2D eigenvalue weighted by Crippen LogP contribution is 2.48. The quantitative estimate of drug-likeness (QED) is 0.390. The van der Waals surface area contributed by atoms with Crippen LogP contribution in [0.1, 0.15) is 30.5 Å². The summed E-state index contributed by atoms with van der Waals surface area (Å²) in [4.78, 5) is 36.0. The van der Waals surface area contributed by atoms with Gasteiger partial charge in [0.1, 0.15) is 0 Å². The number of amidine groups is 1. The van der Waals surface area contributed by atoms with Gasteiger partial charge in [-0.25, -0.2) is 9.79 Å². The molecule has 0 saturated carbocycles. The van der Waals surface area contributed by atoms with E-state index < -0.39 is 12.0 Å². The fourth-order valence-corrected chi connectivity index (χ4v) is 6.15. The zero-order valence-corrected chi connectivity index (χ0v) is 24.9. The number of fused-ring (bicyclic) bond motifs is 1. The number of nitrogens with zero attached hydrogens (tertiary/aromatic N) is 3. The molecule has 3 heterocycles. The number of nitrogens with one attached hydrogen (secondary N) is 1. The van der Waals surface area contributed by atoms with Crippen molar-refractivity contribution < 1.29 is 28.5 Å². The zero-order chi connectivity index (χ0) is 29.5. The van der Waals surface area contributed by atoms with E-state index in [0.717, 1.165) is 36.5 Å². The molecule has 3 aliphatic heterocycles. The summed E-state index contributed by atoms with van der Waals surface area (Å²) in [6.45, 7) is 6.47. The van der Waals surface area contributed by atoms with E-state index in [1.165, 1.54) is 11.8 Å². The van der Waals surface area contributed by atoms with Crippen LogP contribution in [0.15, 0.2) is 70.2 Å². The lowest BCUT2D eigenvalue weighted by Gasteiger charge is -2.37. The first-order valence-corrected chi connectivity index (χ1v) is 14.9. The van der Waals surface area contributed by atoms with Crippen molar-refractivity contribution in [2.24, 2.45) is 4.99 Å². The molecule has 1 fully saturated rings. The van der Waals surface area contributed by atoms with E-state index in [-0.39, 0.29) is 18.9 Å². The second kappa shape index (κ2) is 13.9. The van der Waals surface area contributed by atoms with Crippen LogP contribution >= 0.6 is 11.8 Å². The Morgan fingerprint density at radius 3 is 2.55 bits per heavy atom. The lowest BCUT2D eigenvalue weighted by atomic mass is 9.91. The normalized spacial score (nSPS) is 18.6. The fourth-order valence-electron chi connectivity index (χ4n) is 5.23. The largest absolute Gasteiger partial charge is 0.493 e. The molecule has 2 aromatic carbocycles. The van der Waals surface area contributed by atoms with Crippen molar-refractivity contribution in [3.8, 4) is 11.5 Å². The van der Waals surface area contributed by atoms with E-state index in [2.05, 4.69) is 10.2 Å². The lowest BCUT2D eigenvalue weighted by Crippen LogP contribution is -2.42. The van der Waals surface area contributed by atoms with Crippen molar-refractivity contribution in [1.29, 1.82) is 0 Å². The molecule has 1 amide bonds. The van der Waals surface area contributed by atoms with E-state index >= 15 is 0 Å². The van der Waals surface area contributed by atoms with Crippen molar-refractivity contribution in [1.82, 2.24) is 15.1 Å². The van der Waals surface area contributed by atoms with Crippen molar-refractivity contribution in [2.45, 2.75) is 19.4 Å². The van der Waals surface area contributed by atoms with Gasteiger partial charge in [0.15, 0.2) is 16.7 Å². The average molecular weight is 593 g/mol. The van der Waals surface area contributed by atoms with Crippen LogP contribution in [0.5, 0.6) is 11.5 Å². The molecule has 2 aromatic rings. The number of methoxy groups -OCH3 is 2. The minimum Gasteiger partial charge on any atom is -0.493 e. The Morgan fingerprint density at radius 1 is 1.07 bits per heavy atom. The van der Waals surface area contributed by atoms with Gasteiger partial charge in [-0.2, -0.15) is 0 Å². The number of ether oxygens (including phenoxy) is 4. The first-order valence-electron chi connectivity index (χ1n) is 14.0. The van der Waals surface area contributed by atoms with E-state index in [1.54, 1.807) is 21.1 Å². The van der Waals surface area contributed by atoms with Gasteiger partial charge in [-0.15, -0.1) is 0 Å². The Morgan fingerprint density at radius 2 is 1.83 bits per heavy atom. The maximum atomic E-state index is 13.7. The molecule has 42 heavy (non-hydrogen) atoms. The van der Waals surface area contributed by atoms with Gasteiger partial charge in [0.2, 0.25) is 5.91 Å². The number of benzene rings is 2. The number of hydrogen-bond acceptors (Lipinski definition) is 10. The third-order valence-electron chi connectivity index (χ3n) is 7.27. The topological polar surface area (TPSA) is 102 Å². The van der Waals surface area contributed by atoms with Gasteiger partial charge in [-0.3, -0.25) is 9.69 Å². The molecule has 0 radical (unpaired) electrons. The molecule has 5 rings (SSSR count). The third-order valence-corrected chi connectivity index (χ3v) is 8.16. The monoisotopic (exact) mass is 592 g/mol. The minimum absolute atomic E-state index is 0.0991. The van der Waals surface area contributed by atoms with E-state index in [1.807, 2.05) is 58.8 Å². The van der Waals surface area contributed by atoms with Gasteiger partial charge in [0.25, 0.3) is 0 Å². The molecule has 0 bridgehead atoms. The third kappa shape index (κ3) is 6.48. The summed E-state index contributed by atoms with van der Waals surface area (Å²) in [5.41, 5.74) is 3.25. The number of thioether (sulfide) groups is 1. The standard InChI is InChI=1S/C31H36N4O6S/c1-4-41-30(37)27-28(21-8-6-5-7-9-21)33-31-35(29(27)22-10-11-24(38-2)25(18-22)39-3)23(20-42-31)19-26(36)32-12-13-34-14-16-40-17-15-34/h5-11,18,20,29H,4,12-17,19H2,1-3H3,(H,32,36). The molecule has 10 nitrogen and oxygen atoms in total. The molecule has 0 aliphatic carbocycles. The lowest BCUT2D eigenvalue weighted by molar-refractivity contribution is -0.139. The maximum absolute atomic E-state index is 13.7. The molecule has 1 saturated heterocycles. The SMILES string of the molecule is CCOC(=O)C1=C(c2ccccc2)N=C2SC=C(CC(=O)NCCN3CCOCC3)N2C1c1ccc(OC)c(OC)c1. The van der Waals surface area contributed by atoms with Crippen LogP contribution in [0, 0.1) is 0 Å². The van der Waals surface area contributed by atoms with Gasteiger partial charge in [-0.05, 0) is 30.0 Å². The molecular formula is C31H36N4O6S. The predicted octanol–water partition coefficient (Wildman–Crippen LogP) is 3.82. The van der Waals surface area contributed by atoms with Crippen molar-refractivity contribution >= 4 is 34.5 Å². The van der Waals surface area contributed by atoms with Gasteiger partial charge >= 0.3 is 5.97 Å². The highest BCUT2D eigenvalue weighted by atomic mass is 32.2. The van der Waals surface area contributed by atoms with Crippen molar-refractivity contribution in [3.63, 3.8) is 0 Å². The summed E-state index contributed by atoms with van der Waals surface area (Å²) in [5.74, 6) is 0.534. The van der Waals surface area contributed by atoms with Crippen LogP contribution in [0.2, 0.25) is 0 Å². The maximum Gasteiger partial charge on any atom is 0.338 e. The van der Waals surface area contributed by atoms with Gasteiger partial charge < -0.3 is 29.2 Å². The Hall–Kier alpha value is -3.80.